The fourth-order valence-corrected chi connectivity index (χ4v) is 1.74. The Balaban J connectivity index is 4.05. The lowest BCUT2D eigenvalue weighted by atomic mass is 9.96. The van der Waals surface area contributed by atoms with Gasteiger partial charge in [0.1, 0.15) is 5.54 Å². The van der Waals surface area contributed by atoms with Crippen LogP contribution in [0.25, 0.3) is 0 Å². The Hall–Kier alpha value is -0.610. The van der Waals surface area contributed by atoms with Crippen molar-refractivity contribution in [1.82, 2.24) is 5.32 Å². The van der Waals surface area contributed by atoms with E-state index in [9.17, 15) is 4.79 Å². The van der Waals surface area contributed by atoms with Crippen LogP contribution in [0.2, 0.25) is 0 Å². The van der Waals surface area contributed by atoms with E-state index >= 15 is 0 Å². The Morgan fingerprint density at radius 3 is 2.56 bits per heavy atom. The summed E-state index contributed by atoms with van der Waals surface area (Å²) in [6.45, 7) is 10.5. The molecule has 0 aromatic rings. The molecule has 0 heterocycles. The number of methoxy groups -OCH3 is 1. The van der Waals surface area contributed by atoms with E-state index in [1.54, 1.807) is 0 Å². The van der Waals surface area contributed by atoms with Gasteiger partial charge in [-0.2, -0.15) is 0 Å². The molecule has 1 unspecified atom stereocenters. The molecule has 0 aromatic heterocycles. The van der Waals surface area contributed by atoms with Crippen molar-refractivity contribution in [2.75, 3.05) is 26.9 Å². The lowest BCUT2D eigenvalue weighted by Crippen LogP contribution is -2.50. The summed E-state index contributed by atoms with van der Waals surface area (Å²) in [5, 5.41) is 3.27. The monoisotopic (exact) mass is 259 g/mol. The molecule has 1 N–H and O–H groups in total. The van der Waals surface area contributed by atoms with Gasteiger partial charge in [0.25, 0.3) is 0 Å². The summed E-state index contributed by atoms with van der Waals surface area (Å²) in [5.74, 6) is 0.356. The second-order valence-electron chi connectivity index (χ2n) is 5.32. The van der Waals surface area contributed by atoms with E-state index in [4.69, 9.17) is 9.47 Å². The number of esters is 1. The summed E-state index contributed by atoms with van der Waals surface area (Å²) in [6, 6.07) is 0. The van der Waals surface area contributed by atoms with Crippen LogP contribution < -0.4 is 5.32 Å². The van der Waals surface area contributed by atoms with Crippen molar-refractivity contribution < 1.29 is 14.3 Å². The van der Waals surface area contributed by atoms with Crippen molar-refractivity contribution in [2.45, 2.75) is 52.5 Å². The Morgan fingerprint density at radius 1 is 1.39 bits per heavy atom. The lowest BCUT2D eigenvalue weighted by Gasteiger charge is -2.28. The molecule has 0 bridgehead atoms. The second-order valence-corrected chi connectivity index (χ2v) is 5.32. The van der Waals surface area contributed by atoms with Gasteiger partial charge in [-0.25, -0.2) is 0 Å². The number of carbonyl (C=O) groups excluding carboxylic acids is 1. The maximum atomic E-state index is 11.8. The Morgan fingerprint density at radius 2 is 2.06 bits per heavy atom. The van der Waals surface area contributed by atoms with Crippen LogP contribution in [-0.4, -0.2) is 38.4 Å². The maximum Gasteiger partial charge on any atom is 0.325 e. The van der Waals surface area contributed by atoms with Gasteiger partial charge >= 0.3 is 5.97 Å². The first kappa shape index (κ1) is 17.4. The predicted molar refractivity (Wildman–Crippen MR) is 73.6 cm³/mol. The van der Waals surface area contributed by atoms with Gasteiger partial charge < -0.3 is 14.8 Å². The summed E-state index contributed by atoms with van der Waals surface area (Å²) in [7, 11) is 1.43. The van der Waals surface area contributed by atoms with Gasteiger partial charge in [-0.15, -0.1) is 0 Å². The van der Waals surface area contributed by atoms with Crippen molar-refractivity contribution in [3.63, 3.8) is 0 Å². The second kappa shape index (κ2) is 9.34. The molecule has 0 saturated carbocycles. The molecule has 0 radical (unpaired) electrons. The van der Waals surface area contributed by atoms with Gasteiger partial charge in [0.15, 0.2) is 0 Å². The third kappa shape index (κ3) is 6.97. The molecule has 0 spiro atoms. The topological polar surface area (TPSA) is 47.6 Å². The first-order valence-electron chi connectivity index (χ1n) is 6.87. The number of rotatable bonds is 10. The quantitative estimate of drug-likeness (QED) is 0.483. The minimum Gasteiger partial charge on any atom is -0.468 e. The number of hydrogen-bond acceptors (Lipinski definition) is 4. The highest BCUT2D eigenvalue weighted by Gasteiger charge is 2.32. The molecule has 18 heavy (non-hydrogen) atoms. The fraction of sp³-hybridized carbons (Fsp3) is 0.929. The van der Waals surface area contributed by atoms with E-state index in [2.05, 4.69) is 26.1 Å². The van der Waals surface area contributed by atoms with Crippen LogP contribution in [0.3, 0.4) is 0 Å². The summed E-state index contributed by atoms with van der Waals surface area (Å²) >= 11 is 0. The molecule has 0 aliphatic rings. The molecule has 0 rings (SSSR count). The van der Waals surface area contributed by atoms with Crippen LogP contribution >= 0.6 is 0 Å². The SMILES string of the molecule is CCCNC(C)(CCCOCC(C)C)C(=O)OC. The third-order valence-electron chi connectivity index (χ3n) is 2.82. The van der Waals surface area contributed by atoms with E-state index < -0.39 is 5.54 Å². The van der Waals surface area contributed by atoms with Crippen LogP contribution in [0.15, 0.2) is 0 Å². The lowest BCUT2D eigenvalue weighted by molar-refractivity contribution is -0.148. The highest BCUT2D eigenvalue weighted by molar-refractivity contribution is 5.80. The van der Waals surface area contributed by atoms with Gasteiger partial charge in [-0.3, -0.25) is 4.79 Å². The van der Waals surface area contributed by atoms with Crippen molar-refractivity contribution in [3.8, 4) is 0 Å². The molecule has 0 amide bonds. The van der Waals surface area contributed by atoms with Gasteiger partial charge in [0.05, 0.1) is 7.11 Å². The Labute approximate surface area is 111 Å². The van der Waals surface area contributed by atoms with Gasteiger partial charge in [-0.05, 0) is 38.6 Å². The standard InChI is InChI=1S/C14H29NO3/c1-6-9-15-14(4,13(16)17-5)8-7-10-18-11-12(2)3/h12,15H,6-11H2,1-5H3. The zero-order chi connectivity index (χ0) is 14.0. The largest absolute Gasteiger partial charge is 0.468 e. The highest BCUT2D eigenvalue weighted by atomic mass is 16.5. The molecule has 0 aromatic carbocycles. The molecule has 108 valence electrons. The van der Waals surface area contributed by atoms with Gasteiger partial charge in [-0.1, -0.05) is 20.8 Å². The van der Waals surface area contributed by atoms with E-state index in [1.165, 1.54) is 7.11 Å². The van der Waals surface area contributed by atoms with E-state index in [0.29, 0.717) is 12.5 Å². The van der Waals surface area contributed by atoms with Crippen LogP contribution in [0, 0.1) is 5.92 Å². The van der Waals surface area contributed by atoms with Crippen molar-refractivity contribution >= 4 is 5.97 Å². The molecule has 1 atom stereocenters. The molecular formula is C14H29NO3. The summed E-state index contributed by atoms with van der Waals surface area (Å²) in [5.41, 5.74) is -0.591. The molecule has 4 heteroatoms. The number of nitrogens with one attached hydrogen (secondary N) is 1. The molecular weight excluding hydrogens is 230 g/mol. The summed E-state index contributed by atoms with van der Waals surface area (Å²) < 4.78 is 10.4. The Kier molecular flexibility index (Phi) is 9.02. The first-order valence-corrected chi connectivity index (χ1v) is 6.87. The van der Waals surface area contributed by atoms with Crippen LogP contribution in [0.1, 0.15) is 47.0 Å². The van der Waals surface area contributed by atoms with Gasteiger partial charge in [0.2, 0.25) is 0 Å². The average molecular weight is 259 g/mol. The highest BCUT2D eigenvalue weighted by Crippen LogP contribution is 2.14. The zero-order valence-corrected chi connectivity index (χ0v) is 12.5. The smallest absolute Gasteiger partial charge is 0.325 e. The number of ether oxygens (including phenoxy) is 2. The van der Waals surface area contributed by atoms with Crippen LogP contribution in [0.5, 0.6) is 0 Å². The first-order chi connectivity index (χ1) is 8.46. The van der Waals surface area contributed by atoms with Crippen molar-refractivity contribution in [3.05, 3.63) is 0 Å². The minimum atomic E-state index is -0.591. The third-order valence-corrected chi connectivity index (χ3v) is 2.82. The number of carbonyl (C=O) groups is 1. The van der Waals surface area contributed by atoms with E-state index in [-0.39, 0.29) is 5.97 Å². The molecule has 0 aliphatic carbocycles. The number of hydrogen-bond donors (Lipinski definition) is 1. The normalized spacial score (nSPS) is 14.6. The fourth-order valence-electron chi connectivity index (χ4n) is 1.74. The van der Waals surface area contributed by atoms with E-state index in [0.717, 1.165) is 32.4 Å². The summed E-state index contributed by atoms with van der Waals surface area (Å²) in [4.78, 5) is 11.8. The Bertz CT molecular complexity index is 231. The summed E-state index contributed by atoms with van der Waals surface area (Å²) in [6.07, 6.45) is 2.59. The molecule has 0 aliphatic heterocycles. The molecule has 0 saturated heterocycles. The minimum absolute atomic E-state index is 0.195. The van der Waals surface area contributed by atoms with Crippen LogP contribution in [0.4, 0.5) is 0 Å². The van der Waals surface area contributed by atoms with E-state index in [1.807, 2.05) is 6.92 Å². The van der Waals surface area contributed by atoms with Crippen LogP contribution in [-0.2, 0) is 14.3 Å². The predicted octanol–water partition coefficient (Wildman–Crippen LogP) is 2.37. The maximum absolute atomic E-state index is 11.8. The van der Waals surface area contributed by atoms with Gasteiger partial charge in [0, 0.05) is 13.2 Å². The average Bonchev–Trinajstić information content (AvgIpc) is 2.34. The zero-order valence-electron chi connectivity index (χ0n) is 12.5. The molecule has 4 nitrogen and oxygen atoms in total. The van der Waals surface area contributed by atoms with Crippen molar-refractivity contribution in [1.29, 1.82) is 0 Å². The molecule has 0 fully saturated rings. The van der Waals surface area contributed by atoms with Crippen molar-refractivity contribution in [2.24, 2.45) is 5.92 Å².